The number of amides is 1. The zero-order valence-corrected chi connectivity index (χ0v) is 7.49. The molecule has 0 aliphatic carbocycles. The van der Waals surface area contributed by atoms with Gasteiger partial charge in [0.2, 0.25) is 5.91 Å². The van der Waals surface area contributed by atoms with E-state index in [2.05, 4.69) is 0 Å². The first-order chi connectivity index (χ1) is 6.26. The molecule has 0 aliphatic rings. The van der Waals surface area contributed by atoms with Crippen molar-refractivity contribution in [3.8, 4) is 12.1 Å². The van der Waals surface area contributed by atoms with Gasteiger partial charge in [-0.25, -0.2) is 0 Å². The van der Waals surface area contributed by atoms with Gasteiger partial charge in [-0.15, -0.1) is 0 Å². The van der Waals surface area contributed by atoms with Crippen LogP contribution in [0.5, 0.6) is 0 Å². The molecule has 0 rings (SSSR count). The molecule has 0 spiro atoms. The molecule has 0 fully saturated rings. The number of carbonyl (C=O) groups excluding carboxylic acids is 1. The number of hydrogen-bond donors (Lipinski definition) is 0. The first-order valence-electron chi connectivity index (χ1n) is 3.85. The Morgan fingerprint density at radius 2 is 1.92 bits per heavy atom. The quantitative estimate of drug-likeness (QED) is 0.555. The van der Waals surface area contributed by atoms with Gasteiger partial charge in [0, 0.05) is 6.61 Å². The van der Waals surface area contributed by atoms with Crippen LogP contribution in [-0.4, -0.2) is 37.1 Å². The molecule has 0 saturated heterocycles. The summed E-state index contributed by atoms with van der Waals surface area (Å²) in [5.74, 6) is -0.329. The van der Waals surface area contributed by atoms with Gasteiger partial charge in [-0.3, -0.25) is 4.79 Å². The van der Waals surface area contributed by atoms with Gasteiger partial charge in [0.15, 0.2) is 0 Å². The Labute approximate surface area is 77.1 Å². The number of nitriles is 2. The molecule has 0 heterocycles. The largest absolute Gasteiger partial charge is 0.372 e. The second-order valence-electron chi connectivity index (χ2n) is 2.20. The number of ether oxygens (including phenoxy) is 1. The Balaban J connectivity index is 3.98. The molecule has 0 saturated carbocycles. The van der Waals surface area contributed by atoms with Crippen LogP contribution >= 0.6 is 0 Å². The van der Waals surface area contributed by atoms with Gasteiger partial charge in [0.1, 0.15) is 19.7 Å². The summed E-state index contributed by atoms with van der Waals surface area (Å²) in [5.41, 5.74) is 0. The summed E-state index contributed by atoms with van der Waals surface area (Å²) in [7, 11) is 0. The summed E-state index contributed by atoms with van der Waals surface area (Å²) in [6.45, 7) is 2.00. The van der Waals surface area contributed by atoms with Gasteiger partial charge < -0.3 is 9.64 Å². The van der Waals surface area contributed by atoms with Gasteiger partial charge >= 0.3 is 0 Å². The van der Waals surface area contributed by atoms with Crippen molar-refractivity contribution < 1.29 is 9.53 Å². The van der Waals surface area contributed by atoms with Crippen molar-refractivity contribution in [2.24, 2.45) is 0 Å². The molecule has 5 nitrogen and oxygen atoms in total. The second-order valence-corrected chi connectivity index (χ2v) is 2.20. The van der Waals surface area contributed by atoms with Gasteiger partial charge in [0.05, 0.1) is 12.1 Å². The van der Waals surface area contributed by atoms with Crippen LogP contribution in [0.2, 0.25) is 0 Å². The van der Waals surface area contributed by atoms with E-state index in [0.717, 1.165) is 4.90 Å². The second kappa shape index (κ2) is 7.08. The molecule has 0 aromatic rings. The van der Waals surface area contributed by atoms with Gasteiger partial charge in [-0.2, -0.15) is 10.5 Å². The van der Waals surface area contributed by atoms with E-state index >= 15 is 0 Å². The smallest absolute Gasteiger partial charge is 0.250 e. The lowest BCUT2D eigenvalue weighted by Crippen LogP contribution is -2.34. The average Bonchev–Trinajstić information content (AvgIpc) is 2.14. The van der Waals surface area contributed by atoms with Crippen molar-refractivity contribution in [3.63, 3.8) is 0 Å². The first-order valence-corrected chi connectivity index (χ1v) is 3.85. The fourth-order valence-electron chi connectivity index (χ4n) is 0.684. The van der Waals surface area contributed by atoms with Crippen molar-refractivity contribution in [1.82, 2.24) is 4.90 Å². The number of hydrogen-bond acceptors (Lipinski definition) is 4. The van der Waals surface area contributed by atoms with Gasteiger partial charge in [-0.1, -0.05) is 0 Å². The lowest BCUT2D eigenvalue weighted by molar-refractivity contribution is -0.134. The first kappa shape index (κ1) is 11.4. The van der Waals surface area contributed by atoms with Crippen LogP contribution in [0.1, 0.15) is 6.92 Å². The highest BCUT2D eigenvalue weighted by Gasteiger charge is 2.11. The number of rotatable bonds is 5. The summed E-state index contributed by atoms with van der Waals surface area (Å²) in [6, 6.07) is 3.62. The minimum Gasteiger partial charge on any atom is -0.372 e. The fraction of sp³-hybridized carbons (Fsp3) is 0.625. The number of carbonyl (C=O) groups is 1. The van der Waals surface area contributed by atoms with Gasteiger partial charge in [-0.05, 0) is 6.92 Å². The maximum Gasteiger partial charge on any atom is 0.250 e. The third-order valence-electron chi connectivity index (χ3n) is 1.31. The molecule has 0 bridgehead atoms. The summed E-state index contributed by atoms with van der Waals surface area (Å²) in [5, 5.41) is 16.7. The zero-order valence-electron chi connectivity index (χ0n) is 7.49. The summed E-state index contributed by atoms with van der Waals surface area (Å²) in [6.07, 6.45) is 0. The molecule has 0 radical (unpaired) electrons. The Morgan fingerprint density at radius 3 is 2.31 bits per heavy atom. The molecule has 1 amide bonds. The van der Waals surface area contributed by atoms with Crippen LogP contribution in [0.3, 0.4) is 0 Å². The Morgan fingerprint density at radius 1 is 1.38 bits per heavy atom. The molecular formula is C8H11N3O2. The molecule has 13 heavy (non-hydrogen) atoms. The maximum atomic E-state index is 11.2. The standard InChI is InChI=1S/C8H11N3O2/c1-2-13-7-8(12)11(5-3-9)6-4-10/h2,5-7H2,1H3. The third kappa shape index (κ3) is 4.78. The predicted molar refractivity (Wildman–Crippen MR) is 44.3 cm³/mol. The monoisotopic (exact) mass is 181 g/mol. The number of nitrogens with zero attached hydrogens (tertiary/aromatic N) is 3. The van der Waals surface area contributed by atoms with E-state index in [1.165, 1.54) is 0 Å². The lowest BCUT2D eigenvalue weighted by atomic mass is 10.4. The van der Waals surface area contributed by atoms with Crippen LogP contribution in [0.25, 0.3) is 0 Å². The minimum absolute atomic E-state index is 0.0696. The van der Waals surface area contributed by atoms with Gasteiger partial charge in [0.25, 0.3) is 0 Å². The van der Waals surface area contributed by atoms with E-state index in [1.54, 1.807) is 6.92 Å². The van der Waals surface area contributed by atoms with Crippen LogP contribution in [0.15, 0.2) is 0 Å². The molecule has 0 N–H and O–H groups in total. The van der Waals surface area contributed by atoms with E-state index in [-0.39, 0.29) is 25.6 Å². The van der Waals surface area contributed by atoms with E-state index in [1.807, 2.05) is 12.1 Å². The summed E-state index contributed by atoms with van der Waals surface area (Å²) < 4.78 is 4.86. The molecular weight excluding hydrogens is 170 g/mol. The molecule has 0 aromatic heterocycles. The highest BCUT2D eigenvalue weighted by molar-refractivity contribution is 5.77. The maximum absolute atomic E-state index is 11.2. The normalized spacial score (nSPS) is 8.54. The summed E-state index contributed by atoms with van der Waals surface area (Å²) >= 11 is 0. The Kier molecular flexibility index (Phi) is 6.21. The Hall–Kier alpha value is -1.59. The zero-order chi connectivity index (χ0) is 10.1. The van der Waals surface area contributed by atoms with E-state index in [4.69, 9.17) is 15.3 Å². The summed E-state index contributed by atoms with van der Waals surface area (Å²) in [4.78, 5) is 12.3. The highest BCUT2D eigenvalue weighted by Crippen LogP contribution is 1.89. The van der Waals surface area contributed by atoms with E-state index < -0.39 is 0 Å². The van der Waals surface area contributed by atoms with Crippen molar-refractivity contribution in [2.45, 2.75) is 6.92 Å². The van der Waals surface area contributed by atoms with Crippen LogP contribution in [0.4, 0.5) is 0 Å². The molecule has 70 valence electrons. The topological polar surface area (TPSA) is 77.1 Å². The van der Waals surface area contributed by atoms with Crippen molar-refractivity contribution in [1.29, 1.82) is 10.5 Å². The molecule has 0 atom stereocenters. The van der Waals surface area contributed by atoms with Crippen molar-refractivity contribution in [3.05, 3.63) is 0 Å². The molecule has 5 heteroatoms. The van der Waals surface area contributed by atoms with Crippen molar-refractivity contribution in [2.75, 3.05) is 26.3 Å². The Bertz CT molecular complexity index is 223. The van der Waals surface area contributed by atoms with E-state index in [9.17, 15) is 4.79 Å². The van der Waals surface area contributed by atoms with Crippen LogP contribution in [0, 0.1) is 22.7 Å². The molecule has 0 aromatic carbocycles. The van der Waals surface area contributed by atoms with Crippen molar-refractivity contribution >= 4 is 5.91 Å². The van der Waals surface area contributed by atoms with Crippen LogP contribution < -0.4 is 0 Å². The lowest BCUT2D eigenvalue weighted by Gasteiger charge is -2.14. The highest BCUT2D eigenvalue weighted by atomic mass is 16.5. The molecule has 0 aliphatic heterocycles. The average molecular weight is 181 g/mol. The fourth-order valence-corrected chi connectivity index (χ4v) is 0.684. The molecule has 0 unspecified atom stereocenters. The SMILES string of the molecule is CCOCC(=O)N(CC#N)CC#N. The predicted octanol–water partition coefficient (Wildman–Crippen LogP) is -0.101. The minimum atomic E-state index is -0.329. The van der Waals surface area contributed by atoms with Crippen LogP contribution in [-0.2, 0) is 9.53 Å². The van der Waals surface area contributed by atoms with E-state index in [0.29, 0.717) is 6.61 Å². The third-order valence-corrected chi connectivity index (χ3v) is 1.31.